The van der Waals surface area contributed by atoms with Crippen molar-refractivity contribution in [3.8, 4) is 11.5 Å². The Morgan fingerprint density at radius 2 is 1.68 bits per heavy atom. The van der Waals surface area contributed by atoms with Crippen LogP contribution < -0.4 is 25.0 Å². The Balaban J connectivity index is 1.37. The Kier molecular flexibility index (Phi) is 7.32. The number of fused-ring (bicyclic) bond motifs is 1. The van der Waals surface area contributed by atoms with Crippen LogP contribution in [0.1, 0.15) is 34.3 Å². The zero-order valence-corrected chi connectivity index (χ0v) is 19.5. The van der Waals surface area contributed by atoms with Gasteiger partial charge in [0, 0.05) is 30.0 Å². The molecule has 0 unspecified atom stereocenters. The van der Waals surface area contributed by atoms with Crippen LogP contribution in [0.3, 0.4) is 0 Å². The summed E-state index contributed by atoms with van der Waals surface area (Å²) in [5, 5.41) is 5.86. The third-order valence-electron chi connectivity index (χ3n) is 5.90. The lowest BCUT2D eigenvalue weighted by atomic mass is 10.1. The van der Waals surface area contributed by atoms with Crippen LogP contribution >= 0.6 is 0 Å². The molecule has 34 heavy (non-hydrogen) atoms. The van der Waals surface area contributed by atoms with Gasteiger partial charge < -0.3 is 20.1 Å². The van der Waals surface area contributed by atoms with Gasteiger partial charge in [-0.1, -0.05) is 24.3 Å². The summed E-state index contributed by atoms with van der Waals surface area (Å²) in [5.74, 6) is 1.05. The maximum absolute atomic E-state index is 13.0. The predicted molar refractivity (Wildman–Crippen MR) is 133 cm³/mol. The molecule has 0 saturated carbocycles. The number of hydrogen-bond acceptors (Lipinski definition) is 4. The molecule has 1 heterocycles. The topological polar surface area (TPSA) is 79.9 Å². The van der Waals surface area contributed by atoms with Crippen LogP contribution in [-0.2, 0) is 13.0 Å². The molecule has 0 bridgehead atoms. The molecule has 0 atom stereocenters. The van der Waals surface area contributed by atoms with E-state index in [0.717, 1.165) is 30.5 Å². The predicted octanol–water partition coefficient (Wildman–Crippen LogP) is 5.01. The lowest BCUT2D eigenvalue weighted by molar-refractivity contribution is 0.0951. The van der Waals surface area contributed by atoms with Crippen LogP contribution in [0.2, 0.25) is 0 Å². The number of amides is 3. The molecular weight excluding hydrogens is 430 g/mol. The summed E-state index contributed by atoms with van der Waals surface area (Å²) in [6, 6.07) is 20.3. The maximum atomic E-state index is 13.0. The van der Waals surface area contributed by atoms with Crippen LogP contribution in [-0.4, -0.2) is 32.7 Å². The number of benzene rings is 3. The summed E-state index contributed by atoms with van der Waals surface area (Å²) >= 11 is 0. The number of anilines is 2. The number of urea groups is 1. The molecule has 1 aliphatic rings. The van der Waals surface area contributed by atoms with Crippen molar-refractivity contribution < 1.29 is 19.1 Å². The average Bonchev–Trinajstić information content (AvgIpc) is 3.10. The minimum absolute atomic E-state index is 0.167. The zero-order chi connectivity index (χ0) is 23.9. The van der Waals surface area contributed by atoms with Gasteiger partial charge in [0.1, 0.15) is 0 Å². The van der Waals surface area contributed by atoms with Crippen molar-refractivity contribution in [1.29, 1.82) is 0 Å². The monoisotopic (exact) mass is 459 g/mol. The first-order valence-corrected chi connectivity index (χ1v) is 11.3. The number of carbonyl (C=O) groups excluding carboxylic acids is 2. The number of rotatable bonds is 6. The molecule has 3 aromatic carbocycles. The molecule has 3 aromatic rings. The van der Waals surface area contributed by atoms with Gasteiger partial charge in [0.05, 0.1) is 14.2 Å². The fraction of sp³-hybridized carbons (Fsp3) is 0.259. The number of nitrogens with one attached hydrogen (secondary N) is 2. The van der Waals surface area contributed by atoms with Gasteiger partial charge in [-0.2, -0.15) is 0 Å². The van der Waals surface area contributed by atoms with E-state index in [1.807, 2.05) is 30.3 Å². The van der Waals surface area contributed by atoms with Crippen molar-refractivity contribution in [2.75, 3.05) is 31.0 Å². The highest BCUT2D eigenvalue weighted by Crippen LogP contribution is 2.28. The molecule has 0 fully saturated rings. The minimum Gasteiger partial charge on any atom is -0.493 e. The first kappa shape index (κ1) is 23.2. The summed E-state index contributed by atoms with van der Waals surface area (Å²) < 4.78 is 10.5. The molecule has 0 saturated heterocycles. The van der Waals surface area contributed by atoms with E-state index in [4.69, 9.17) is 9.47 Å². The lowest BCUT2D eigenvalue weighted by Gasteiger charge is -2.23. The molecule has 3 amide bonds. The highest BCUT2D eigenvalue weighted by atomic mass is 16.5. The maximum Gasteiger partial charge on any atom is 0.326 e. The Morgan fingerprint density at radius 3 is 2.44 bits per heavy atom. The SMILES string of the molecule is COc1ccc(CNC(=O)c2ccc(NC(=O)N3CCCCc4ccccc43)cc2)cc1OC. The van der Waals surface area contributed by atoms with Gasteiger partial charge in [-0.25, -0.2) is 4.79 Å². The molecule has 0 aromatic heterocycles. The van der Waals surface area contributed by atoms with E-state index in [1.54, 1.807) is 49.5 Å². The van der Waals surface area contributed by atoms with Gasteiger partial charge in [-0.3, -0.25) is 9.69 Å². The highest BCUT2D eigenvalue weighted by Gasteiger charge is 2.21. The second-order valence-electron chi connectivity index (χ2n) is 8.12. The molecule has 7 nitrogen and oxygen atoms in total. The first-order chi connectivity index (χ1) is 16.6. The van der Waals surface area contributed by atoms with Crippen molar-refractivity contribution in [3.05, 3.63) is 83.4 Å². The van der Waals surface area contributed by atoms with Gasteiger partial charge in [-0.05, 0) is 72.9 Å². The second kappa shape index (κ2) is 10.7. The third-order valence-corrected chi connectivity index (χ3v) is 5.90. The molecule has 1 aliphatic heterocycles. The Bertz CT molecular complexity index is 1160. The molecule has 2 N–H and O–H groups in total. The molecule has 0 radical (unpaired) electrons. The molecule has 176 valence electrons. The van der Waals surface area contributed by atoms with Gasteiger partial charge in [-0.15, -0.1) is 0 Å². The third kappa shape index (κ3) is 5.31. The van der Waals surface area contributed by atoms with Crippen molar-refractivity contribution in [1.82, 2.24) is 5.32 Å². The second-order valence-corrected chi connectivity index (χ2v) is 8.12. The van der Waals surface area contributed by atoms with Crippen LogP contribution in [0, 0.1) is 0 Å². The van der Waals surface area contributed by atoms with E-state index in [2.05, 4.69) is 16.7 Å². The molecular formula is C27H29N3O4. The van der Waals surface area contributed by atoms with Gasteiger partial charge in [0.15, 0.2) is 11.5 Å². The van der Waals surface area contributed by atoms with Gasteiger partial charge >= 0.3 is 6.03 Å². The fourth-order valence-electron chi connectivity index (χ4n) is 4.07. The van der Waals surface area contributed by atoms with Gasteiger partial charge in [0.2, 0.25) is 0 Å². The molecule has 0 spiro atoms. The normalized spacial score (nSPS) is 12.8. The van der Waals surface area contributed by atoms with E-state index in [-0.39, 0.29) is 11.9 Å². The number of ether oxygens (including phenoxy) is 2. The Morgan fingerprint density at radius 1 is 0.912 bits per heavy atom. The standard InChI is InChI=1S/C27H29N3O4/c1-33-24-15-10-19(17-25(24)34-2)18-28-26(31)21-11-13-22(14-12-21)29-27(32)30-16-6-5-8-20-7-3-4-9-23(20)30/h3-4,7,9-15,17H,5-6,8,16,18H2,1-2H3,(H,28,31)(H,29,32). The fourth-order valence-corrected chi connectivity index (χ4v) is 4.07. The quantitative estimate of drug-likeness (QED) is 0.543. The summed E-state index contributed by atoms with van der Waals surface area (Å²) in [6.07, 6.45) is 3.00. The summed E-state index contributed by atoms with van der Waals surface area (Å²) in [6.45, 7) is 1.03. The number of hydrogen-bond donors (Lipinski definition) is 2. The number of nitrogens with zero attached hydrogens (tertiary/aromatic N) is 1. The Labute approximate surface area is 199 Å². The zero-order valence-electron chi connectivity index (χ0n) is 19.5. The van der Waals surface area contributed by atoms with E-state index in [9.17, 15) is 9.59 Å². The van der Waals surface area contributed by atoms with E-state index in [0.29, 0.717) is 35.8 Å². The van der Waals surface area contributed by atoms with Crippen molar-refractivity contribution >= 4 is 23.3 Å². The highest BCUT2D eigenvalue weighted by molar-refractivity contribution is 6.02. The first-order valence-electron chi connectivity index (χ1n) is 11.3. The lowest BCUT2D eigenvalue weighted by Crippen LogP contribution is -2.35. The smallest absolute Gasteiger partial charge is 0.326 e. The molecule has 0 aliphatic carbocycles. The van der Waals surface area contributed by atoms with Crippen LogP contribution in [0.25, 0.3) is 0 Å². The number of methoxy groups -OCH3 is 2. The minimum atomic E-state index is -0.200. The summed E-state index contributed by atoms with van der Waals surface area (Å²) in [7, 11) is 3.16. The van der Waals surface area contributed by atoms with E-state index in [1.165, 1.54) is 5.56 Å². The summed E-state index contributed by atoms with van der Waals surface area (Å²) in [4.78, 5) is 27.4. The largest absolute Gasteiger partial charge is 0.493 e. The number of aryl methyl sites for hydroxylation is 1. The Hall–Kier alpha value is -4.00. The number of carbonyl (C=O) groups is 2. The van der Waals surface area contributed by atoms with E-state index >= 15 is 0 Å². The summed E-state index contributed by atoms with van der Waals surface area (Å²) in [5.41, 5.74) is 4.20. The number of para-hydroxylation sites is 1. The van der Waals surface area contributed by atoms with Crippen LogP contribution in [0.5, 0.6) is 11.5 Å². The average molecular weight is 460 g/mol. The molecule has 4 rings (SSSR count). The van der Waals surface area contributed by atoms with Crippen molar-refractivity contribution in [3.63, 3.8) is 0 Å². The van der Waals surface area contributed by atoms with E-state index < -0.39 is 0 Å². The molecule has 7 heteroatoms. The van der Waals surface area contributed by atoms with Crippen molar-refractivity contribution in [2.45, 2.75) is 25.8 Å². The van der Waals surface area contributed by atoms with Crippen LogP contribution in [0.4, 0.5) is 16.2 Å². The van der Waals surface area contributed by atoms with Gasteiger partial charge in [0.25, 0.3) is 5.91 Å². The van der Waals surface area contributed by atoms with Crippen molar-refractivity contribution in [2.24, 2.45) is 0 Å². The van der Waals surface area contributed by atoms with Crippen LogP contribution in [0.15, 0.2) is 66.7 Å².